The van der Waals surface area contributed by atoms with Crippen LogP contribution in [0.3, 0.4) is 0 Å². The van der Waals surface area contributed by atoms with Crippen LogP contribution in [-0.2, 0) is 4.74 Å². The number of aliphatic hydroxyl groups is 1. The van der Waals surface area contributed by atoms with Gasteiger partial charge in [-0.15, -0.1) is 0 Å². The van der Waals surface area contributed by atoms with E-state index in [1.165, 1.54) is 0 Å². The van der Waals surface area contributed by atoms with Crippen molar-refractivity contribution >= 4 is 0 Å². The van der Waals surface area contributed by atoms with Crippen molar-refractivity contribution < 1.29 is 9.84 Å². The number of hydrogen-bond donors (Lipinski definition) is 2. The monoisotopic (exact) mass is 217 g/mol. The van der Waals surface area contributed by atoms with Gasteiger partial charge in [-0.25, -0.2) is 0 Å². The van der Waals surface area contributed by atoms with Gasteiger partial charge >= 0.3 is 0 Å². The highest BCUT2D eigenvalue weighted by Crippen LogP contribution is 2.12. The van der Waals surface area contributed by atoms with E-state index in [1.54, 1.807) is 7.11 Å². The molecule has 0 saturated heterocycles. The van der Waals surface area contributed by atoms with Gasteiger partial charge in [0.05, 0.1) is 12.2 Å². The van der Waals surface area contributed by atoms with Crippen LogP contribution >= 0.6 is 0 Å². The topological polar surface area (TPSA) is 41.5 Å². The molecule has 0 aromatic rings. The quantitative estimate of drug-likeness (QED) is 0.651. The molecule has 1 unspecified atom stereocenters. The number of rotatable bonds is 8. The van der Waals surface area contributed by atoms with E-state index in [0.717, 1.165) is 19.4 Å². The minimum absolute atomic E-state index is 0.0785. The molecule has 2 N–H and O–H groups in total. The Morgan fingerprint density at radius 1 is 1.33 bits per heavy atom. The molecule has 0 fully saturated rings. The summed E-state index contributed by atoms with van der Waals surface area (Å²) >= 11 is 0. The zero-order chi connectivity index (χ0) is 11.9. The Hall–Kier alpha value is -0.120. The van der Waals surface area contributed by atoms with Crippen LogP contribution in [0.2, 0.25) is 0 Å². The fourth-order valence-electron chi connectivity index (χ4n) is 1.47. The van der Waals surface area contributed by atoms with Gasteiger partial charge in [0, 0.05) is 13.2 Å². The predicted molar refractivity (Wildman–Crippen MR) is 64.0 cm³/mol. The van der Waals surface area contributed by atoms with E-state index in [4.69, 9.17) is 9.84 Å². The molecule has 0 aliphatic carbocycles. The van der Waals surface area contributed by atoms with Gasteiger partial charge in [-0.05, 0) is 39.2 Å². The second-order valence-electron chi connectivity index (χ2n) is 5.18. The summed E-state index contributed by atoms with van der Waals surface area (Å²) < 4.78 is 5.33. The first kappa shape index (κ1) is 14.9. The SMILES string of the molecule is COC(C)(C)CCNC(CO)CC(C)C. The first-order valence-electron chi connectivity index (χ1n) is 5.80. The summed E-state index contributed by atoms with van der Waals surface area (Å²) in [6, 6.07) is 0.220. The molecular weight excluding hydrogens is 190 g/mol. The summed E-state index contributed by atoms with van der Waals surface area (Å²) in [5, 5.41) is 12.5. The molecule has 3 nitrogen and oxygen atoms in total. The van der Waals surface area contributed by atoms with E-state index < -0.39 is 0 Å². The second-order valence-corrected chi connectivity index (χ2v) is 5.18. The molecular formula is C12H27NO2. The first-order chi connectivity index (χ1) is 6.91. The smallest absolute Gasteiger partial charge is 0.0634 e. The van der Waals surface area contributed by atoms with Crippen LogP contribution in [0.25, 0.3) is 0 Å². The summed E-state index contributed by atoms with van der Waals surface area (Å²) in [7, 11) is 1.73. The van der Waals surface area contributed by atoms with Gasteiger partial charge in [-0.3, -0.25) is 0 Å². The largest absolute Gasteiger partial charge is 0.395 e. The maximum absolute atomic E-state index is 9.17. The van der Waals surface area contributed by atoms with Gasteiger partial charge in [0.1, 0.15) is 0 Å². The zero-order valence-corrected chi connectivity index (χ0v) is 10.8. The van der Waals surface area contributed by atoms with Crippen molar-refractivity contribution in [1.29, 1.82) is 0 Å². The minimum atomic E-state index is -0.0785. The van der Waals surface area contributed by atoms with Crippen LogP contribution in [0.1, 0.15) is 40.5 Å². The first-order valence-corrected chi connectivity index (χ1v) is 5.80. The van der Waals surface area contributed by atoms with Gasteiger partial charge in [-0.2, -0.15) is 0 Å². The van der Waals surface area contributed by atoms with Crippen molar-refractivity contribution in [2.24, 2.45) is 5.92 Å². The predicted octanol–water partition coefficient (Wildman–Crippen LogP) is 1.80. The molecule has 0 aromatic carbocycles. The van der Waals surface area contributed by atoms with Crippen LogP contribution in [0, 0.1) is 5.92 Å². The van der Waals surface area contributed by atoms with Crippen molar-refractivity contribution in [3.63, 3.8) is 0 Å². The van der Waals surface area contributed by atoms with E-state index >= 15 is 0 Å². The average Bonchev–Trinajstić information content (AvgIpc) is 2.15. The maximum Gasteiger partial charge on any atom is 0.0634 e. The number of ether oxygens (including phenoxy) is 1. The molecule has 0 rings (SSSR count). The fourth-order valence-corrected chi connectivity index (χ4v) is 1.47. The van der Waals surface area contributed by atoms with Crippen LogP contribution in [0.5, 0.6) is 0 Å². The average molecular weight is 217 g/mol. The standard InChI is InChI=1S/C12H27NO2/c1-10(2)8-11(9-14)13-7-6-12(3,4)15-5/h10-11,13-14H,6-9H2,1-5H3. The lowest BCUT2D eigenvalue weighted by Gasteiger charge is -2.25. The lowest BCUT2D eigenvalue weighted by Crippen LogP contribution is -2.37. The van der Waals surface area contributed by atoms with Gasteiger partial charge in [0.25, 0.3) is 0 Å². The highest BCUT2D eigenvalue weighted by atomic mass is 16.5. The van der Waals surface area contributed by atoms with E-state index in [0.29, 0.717) is 5.92 Å². The number of hydrogen-bond acceptors (Lipinski definition) is 3. The van der Waals surface area contributed by atoms with Gasteiger partial charge in [0.2, 0.25) is 0 Å². The summed E-state index contributed by atoms with van der Waals surface area (Å²) in [6.45, 7) is 9.59. The highest BCUT2D eigenvalue weighted by molar-refractivity contribution is 4.73. The normalized spacial score (nSPS) is 14.6. The van der Waals surface area contributed by atoms with E-state index in [-0.39, 0.29) is 18.2 Å². The zero-order valence-electron chi connectivity index (χ0n) is 10.8. The number of aliphatic hydroxyl groups excluding tert-OH is 1. The third-order valence-electron chi connectivity index (χ3n) is 2.69. The summed E-state index contributed by atoms with van der Waals surface area (Å²) in [6.07, 6.45) is 1.97. The molecule has 0 aliphatic heterocycles. The Morgan fingerprint density at radius 2 is 1.93 bits per heavy atom. The van der Waals surface area contributed by atoms with E-state index in [9.17, 15) is 0 Å². The molecule has 0 radical (unpaired) electrons. The summed E-state index contributed by atoms with van der Waals surface area (Å²) in [5.41, 5.74) is -0.0785. The van der Waals surface area contributed by atoms with Gasteiger partial charge in [0.15, 0.2) is 0 Å². The summed E-state index contributed by atoms with van der Waals surface area (Å²) in [5.74, 6) is 0.616. The Morgan fingerprint density at radius 3 is 2.33 bits per heavy atom. The Labute approximate surface area is 94.2 Å². The van der Waals surface area contributed by atoms with Crippen molar-refractivity contribution in [2.45, 2.75) is 52.2 Å². The molecule has 3 heteroatoms. The Balaban J connectivity index is 3.72. The molecule has 0 aromatic heterocycles. The minimum Gasteiger partial charge on any atom is -0.395 e. The molecule has 0 amide bonds. The molecule has 1 atom stereocenters. The fraction of sp³-hybridized carbons (Fsp3) is 1.00. The van der Waals surface area contributed by atoms with Gasteiger partial charge in [-0.1, -0.05) is 13.8 Å². The van der Waals surface area contributed by atoms with E-state index in [2.05, 4.69) is 33.0 Å². The lowest BCUT2D eigenvalue weighted by atomic mass is 10.0. The Bertz CT molecular complexity index is 158. The van der Waals surface area contributed by atoms with Crippen molar-refractivity contribution in [1.82, 2.24) is 5.32 Å². The summed E-state index contributed by atoms with van der Waals surface area (Å²) in [4.78, 5) is 0. The van der Waals surface area contributed by atoms with Crippen LogP contribution in [0.15, 0.2) is 0 Å². The second kappa shape index (κ2) is 7.20. The molecule has 0 bridgehead atoms. The molecule has 0 heterocycles. The van der Waals surface area contributed by atoms with E-state index in [1.807, 2.05) is 0 Å². The molecule has 0 saturated carbocycles. The molecule has 0 aliphatic rings. The van der Waals surface area contributed by atoms with Crippen LogP contribution in [-0.4, -0.2) is 37.0 Å². The third-order valence-corrected chi connectivity index (χ3v) is 2.69. The molecule has 0 spiro atoms. The number of nitrogens with one attached hydrogen (secondary N) is 1. The van der Waals surface area contributed by atoms with Crippen molar-refractivity contribution in [3.8, 4) is 0 Å². The maximum atomic E-state index is 9.17. The molecule has 92 valence electrons. The third kappa shape index (κ3) is 7.77. The van der Waals surface area contributed by atoms with Crippen molar-refractivity contribution in [3.05, 3.63) is 0 Å². The van der Waals surface area contributed by atoms with Crippen molar-refractivity contribution in [2.75, 3.05) is 20.3 Å². The highest BCUT2D eigenvalue weighted by Gasteiger charge is 2.16. The number of methoxy groups -OCH3 is 1. The molecule has 15 heavy (non-hydrogen) atoms. The van der Waals surface area contributed by atoms with Crippen LogP contribution in [0.4, 0.5) is 0 Å². The van der Waals surface area contributed by atoms with Gasteiger partial charge < -0.3 is 15.2 Å². The van der Waals surface area contributed by atoms with Crippen LogP contribution < -0.4 is 5.32 Å². The Kier molecular flexibility index (Phi) is 7.14. The lowest BCUT2D eigenvalue weighted by molar-refractivity contribution is 0.0147.